The number of halogens is 7. The molecule has 1 heterocycles. The van der Waals surface area contributed by atoms with Crippen molar-refractivity contribution in [3.05, 3.63) is 35.9 Å². The number of hydrogen-bond acceptors (Lipinski definition) is 3. The fraction of sp³-hybridized carbons (Fsp3) is 0.733. The molecule has 0 aromatic heterocycles. The maximum absolute atomic E-state index is 14.8. The lowest BCUT2D eigenvalue weighted by Gasteiger charge is -2.33. The van der Waals surface area contributed by atoms with E-state index >= 15 is 0 Å². The molecule has 3 fully saturated rings. The number of hydrogen-bond donors (Lipinski definition) is 0. The second-order valence-electron chi connectivity index (χ2n) is 11.9. The molecule has 1 aromatic carbocycles. The normalized spacial score (nSPS) is 30.4. The minimum absolute atomic E-state index is 0.165. The van der Waals surface area contributed by atoms with Crippen LogP contribution in [0.1, 0.15) is 84.0 Å². The van der Waals surface area contributed by atoms with Crippen molar-refractivity contribution in [1.29, 1.82) is 0 Å². The Morgan fingerprint density at radius 2 is 1.27 bits per heavy atom. The summed E-state index contributed by atoms with van der Waals surface area (Å²) in [4.78, 5) is 0. The first kappa shape index (κ1) is 31.0. The molecule has 4 rings (SSSR count). The van der Waals surface area contributed by atoms with Crippen LogP contribution in [0, 0.1) is 41.2 Å². The fourth-order valence-electron chi connectivity index (χ4n) is 6.32. The summed E-state index contributed by atoms with van der Waals surface area (Å²) in [5.74, 6) is -5.15. The van der Waals surface area contributed by atoms with Gasteiger partial charge < -0.3 is 14.2 Å². The van der Waals surface area contributed by atoms with Gasteiger partial charge in [0.15, 0.2) is 11.6 Å². The van der Waals surface area contributed by atoms with Crippen LogP contribution in [0.3, 0.4) is 0 Å². The molecule has 0 amide bonds. The van der Waals surface area contributed by atoms with E-state index in [9.17, 15) is 30.7 Å². The maximum Gasteiger partial charge on any atom is 0.573 e. The van der Waals surface area contributed by atoms with Crippen molar-refractivity contribution in [3.8, 4) is 11.5 Å². The molecule has 40 heavy (non-hydrogen) atoms. The van der Waals surface area contributed by atoms with Gasteiger partial charge in [-0.1, -0.05) is 18.6 Å². The average molecular weight is 581 g/mol. The van der Waals surface area contributed by atoms with Crippen LogP contribution in [0.15, 0.2) is 24.3 Å². The Kier molecular flexibility index (Phi) is 10.3. The van der Waals surface area contributed by atoms with Crippen LogP contribution in [0.4, 0.5) is 30.7 Å². The number of benzene rings is 1. The van der Waals surface area contributed by atoms with Gasteiger partial charge in [0.25, 0.3) is 0 Å². The molecule has 2 unspecified atom stereocenters. The standard InChI is InChI=1S/C30H39F7O3/c1-19-2-3-23(18-38-19)11-10-21-6-4-20(5-7-21)8-9-22-12-14-24(15-13-22)29(33,34)39-25-16-26(31)28(27(32)17-25)40-30(35,36)37/h8-9,16-17,19-24H,2-7,10-15,18H2,1H3/b9-8+. The van der Waals surface area contributed by atoms with E-state index in [1.165, 1.54) is 32.1 Å². The summed E-state index contributed by atoms with van der Waals surface area (Å²) in [6, 6.07) is 0.540. The van der Waals surface area contributed by atoms with Gasteiger partial charge in [0.1, 0.15) is 5.75 Å². The molecule has 0 N–H and O–H groups in total. The summed E-state index contributed by atoms with van der Waals surface area (Å²) in [6.07, 6.45) is 6.86. The third kappa shape index (κ3) is 9.02. The topological polar surface area (TPSA) is 27.7 Å². The first-order chi connectivity index (χ1) is 18.9. The second-order valence-corrected chi connectivity index (χ2v) is 11.9. The van der Waals surface area contributed by atoms with Crippen molar-refractivity contribution in [2.24, 2.45) is 29.6 Å². The molecule has 3 nitrogen and oxygen atoms in total. The Hall–Kier alpha value is -1.97. The molecule has 2 saturated carbocycles. The Bertz CT molecular complexity index is 949. The number of alkyl halides is 5. The van der Waals surface area contributed by atoms with Gasteiger partial charge in [-0.2, -0.15) is 8.78 Å². The molecule has 226 valence electrons. The number of ether oxygens (including phenoxy) is 3. The maximum atomic E-state index is 14.8. The van der Waals surface area contributed by atoms with Gasteiger partial charge in [-0.05, 0) is 101 Å². The van der Waals surface area contributed by atoms with Crippen LogP contribution in [0.25, 0.3) is 0 Å². The smallest absolute Gasteiger partial charge is 0.432 e. The van der Waals surface area contributed by atoms with Gasteiger partial charge in [-0.15, -0.1) is 13.2 Å². The van der Waals surface area contributed by atoms with E-state index in [1.54, 1.807) is 0 Å². The molecule has 0 bridgehead atoms. The molecule has 1 aliphatic heterocycles. The average Bonchev–Trinajstić information content (AvgIpc) is 2.89. The highest BCUT2D eigenvalue weighted by Gasteiger charge is 2.44. The van der Waals surface area contributed by atoms with E-state index in [1.807, 2.05) is 0 Å². The Morgan fingerprint density at radius 1 is 0.750 bits per heavy atom. The van der Waals surface area contributed by atoms with E-state index in [0.29, 0.717) is 30.8 Å². The van der Waals surface area contributed by atoms with E-state index in [0.717, 1.165) is 31.8 Å². The molecule has 10 heteroatoms. The van der Waals surface area contributed by atoms with Gasteiger partial charge in [0.05, 0.1) is 12.0 Å². The zero-order valence-corrected chi connectivity index (χ0v) is 22.8. The van der Waals surface area contributed by atoms with Crippen LogP contribution >= 0.6 is 0 Å². The molecular weight excluding hydrogens is 541 g/mol. The van der Waals surface area contributed by atoms with E-state index in [4.69, 9.17) is 4.74 Å². The summed E-state index contributed by atoms with van der Waals surface area (Å²) < 4.78 is 108. The van der Waals surface area contributed by atoms with Crippen LogP contribution in [0.5, 0.6) is 11.5 Å². The third-order valence-electron chi connectivity index (χ3n) is 8.82. The lowest BCUT2D eigenvalue weighted by Crippen LogP contribution is -2.37. The molecule has 2 aliphatic carbocycles. The monoisotopic (exact) mass is 580 g/mol. The van der Waals surface area contributed by atoms with Gasteiger partial charge in [0.2, 0.25) is 5.75 Å². The van der Waals surface area contributed by atoms with Gasteiger partial charge >= 0.3 is 12.5 Å². The first-order valence-electron chi connectivity index (χ1n) is 14.5. The highest BCUT2D eigenvalue weighted by molar-refractivity contribution is 5.35. The Morgan fingerprint density at radius 3 is 1.80 bits per heavy atom. The Balaban J connectivity index is 1.18. The van der Waals surface area contributed by atoms with Crippen molar-refractivity contribution in [2.75, 3.05) is 6.61 Å². The van der Waals surface area contributed by atoms with Crippen molar-refractivity contribution >= 4 is 0 Å². The SMILES string of the molecule is CC1CCC(CCC2CCC(/C=C/C3CCC(C(F)(F)Oc4cc(F)c(OC(F)(F)F)c(F)c4)CC3)CC2)CO1. The van der Waals surface area contributed by atoms with Crippen molar-refractivity contribution in [2.45, 2.75) is 103 Å². The largest absolute Gasteiger partial charge is 0.573 e. The summed E-state index contributed by atoms with van der Waals surface area (Å²) in [6.45, 7) is 3.03. The highest BCUT2D eigenvalue weighted by Crippen LogP contribution is 2.42. The van der Waals surface area contributed by atoms with Gasteiger partial charge in [-0.3, -0.25) is 0 Å². The lowest BCUT2D eigenvalue weighted by molar-refractivity contribution is -0.276. The van der Waals surface area contributed by atoms with Crippen LogP contribution in [0.2, 0.25) is 0 Å². The van der Waals surface area contributed by atoms with Crippen molar-refractivity contribution in [1.82, 2.24) is 0 Å². The van der Waals surface area contributed by atoms with Crippen LogP contribution < -0.4 is 9.47 Å². The van der Waals surface area contributed by atoms with Gasteiger partial charge in [-0.25, -0.2) is 8.78 Å². The highest BCUT2D eigenvalue weighted by atomic mass is 19.4. The summed E-state index contributed by atoms with van der Waals surface area (Å²) >= 11 is 0. The van der Waals surface area contributed by atoms with Crippen LogP contribution in [-0.2, 0) is 4.74 Å². The quantitative estimate of drug-likeness (QED) is 0.215. The van der Waals surface area contributed by atoms with E-state index in [2.05, 4.69) is 28.5 Å². The Labute approximate surface area is 231 Å². The van der Waals surface area contributed by atoms with Gasteiger partial charge in [0, 0.05) is 18.7 Å². The van der Waals surface area contributed by atoms with E-state index < -0.39 is 41.5 Å². The summed E-state index contributed by atoms with van der Waals surface area (Å²) in [5, 5.41) is 0. The fourth-order valence-corrected chi connectivity index (χ4v) is 6.32. The summed E-state index contributed by atoms with van der Waals surface area (Å²) in [5.41, 5.74) is 0. The van der Waals surface area contributed by atoms with Crippen LogP contribution in [-0.4, -0.2) is 25.2 Å². The lowest BCUT2D eigenvalue weighted by atomic mass is 9.77. The molecule has 3 aliphatic rings. The number of rotatable bonds is 9. The zero-order valence-electron chi connectivity index (χ0n) is 22.8. The molecule has 0 spiro atoms. The second kappa shape index (κ2) is 13.3. The van der Waals surface area contributed by atoms with E-state index in [-0.39, 0.29) is 30.9 Å². The van der Waals surface area contributed by atoms with Crippen molar-refractivity contribution < 1.29 is 44.9 Å². The zero-order chi connectivity index (χ0) is 28.9. The third-order valence-corrected chi connectivity index (χ3v) is 8.82. The van der Waals surface area contributed by atoms with Crippen molar-refractivity contribution in [3.63, 3.8) is 0 Å². The minimum Gasteiger partial charge on any atom is -0.432 e. The molecule has 1 aromatic rings. The predicted molar refractivity (Wildman–Crippen MR) is 136 cm³/mol. The number of allylic oxidation sites excluding steroid dienone is 2. The molecule has 2 atom stereocenters. The predicted octanol–water partition coefficient (Wildman–Crippen LogP) is 9.60. The summed E-state index contributed by atoms with van der Waals surface area (Å²) in [7, 11) is 0. The molecule has 1 saturated heterocycles. The first-order valence-corrected chi connectivity index (χ1v) is 14.5. The minimum atomic E-state index is -5.33. The molecule has 0 radical (unpaired) electrons. The molecular formula is C30H39F7O3.